The van der Waals surface area contributed by atoms with Crippen molar-refractivity contribution in [1.82, 2.24) is 20.5 Å². The van der Waals surface area contributed by atoms with E-state index in [0.717, 1.165) is 29.5 Å². The lowest BCUT2D eigenvalue weighted by Crippen LogP contribution is -2.37. The molecule has 0 atom stereocenters. The molecule has 2 N–H and O–H groups in total. The maximum absolute atomic E-state index is 11.9. The van der Waals surface area contributed by atoms with Crippen LogP contribution in [-0.2, 0) is 13.0 Å². The summed E-state index contributed by atoms with van der Waals surface area (Å²) < 4.78 is 0. The molecule has 0 spiro atoms. The van der Waals surface area contributed by atoms with E-state index in [1.165, 1.54) is 4.88 Å². The van der Waals surface area contributed by atoms with Crippen molar-refractivity contribution in [3.8, 4) is 0 Å². The molecule has 0 radical (unpaired) electrons. The van der Waals surface area contributed by atoms with E-state index in [-0.39, 0.29) is 5.91 Å². The van der Waals surface area contributed by atoms with Crippen LogP contribution in [0.4, 0.5) is 0 Å². The smallest absolute Gasteiger partial charge is 0.253 e. The first-order valence-corrected chi connectivity index (χ1v) is 8.97. The Morgan fingerprint density at radius 2 is 1.96 bits per heavy atom. The van der Waals surface area contributed by atoms with Crippen LogP contribution in [0, 0.1) is 6.92 Å². The van der Waals surface area contributed by atoms with E-state index in [1.54, 1.807) is 37.4 Å². The summed E-state index contributed by atoms with van der Waals surface area (Å²) in [7, 11) is 5.25. The minimum Gasteiger partial charge on any atom is -0.356 e. The van der Waals surface area contributed by atoms with E-state index < -0.39 is 0 Å². The molecule has 7 heteroatoms. The van der Waals surface area contributed by atoms with Gasteiger partial charge in [0.05, 0.1) is 5.01 Å². The highest BCUT2D eigenvalue weighted by Gasteiger charge is 2.07. The minimum atomic E-state index is 0.00871. The summed E-state index contributed by atoms with van der Waals surface area (Å²) in [6.45, 7) is 3.49. The number of benzene rings is 1. The van der Waals surface area contributed by atoms with Gasteiger partial charge in [0.15, 0.2) is 5.96 Å². The first kappa shape index (κ1) is 18.9. The second-order valence-electron chi connectivity index (χ2n) is 5.86. The van der Waals surface area contributed by atoms with Gasteiger partial charge < -0.3 is 15.5 Å². The van der Waals surface area contributed by atoms with Gasteiger partial charge in [0.2, 0.25) is 0 Å². The van der Waals surface area contributed by atoms with E-state index in [4.69, 9.17) is 0 Å². The van der Waals surface area contributed by atoms with E-state index in [9.17, 15) is 4.79 Å². The van der Waals surface area contributed by atoms with Crippen LogP contribution in [0.2, 0.25) is 0 Å². The number of amides is 1. The number of aryl methyl sites for hydroxylation is 1. The Balaban J connectivity index is 1.79. The zero-order valence-electron chi connectivity index (χ0n) is 15.2. The SMILES string of the molecule is CN=C(NCCc1ncc(C)s1)NCc1ccc(C(=O)N(C)C)cc1. The molecule has 0 fully saturated rings. The lowest BCUT2D eigenvalue weighted by Gasteiger charge is -2.13. The van der Waals surface area contributed by atoms with Crippen molar-refractivity contribution in [1.29, 1.82) is 0 Å². The van der Waals surface area contributed by atoms with Crippen molar-refractivity contribution >= 4 is 23.2 Å². The normalized spacial score (nSPS) is 11.3. The Hall–Kier alpha value is -2.41. The number of carbonyl (C=O) groups is 1. The average molecular weight is 359 g/mol. The molecule has 1 heterocycles. The van der Waals surface area contributed by atoms with Gasteiger partial charge in [-0.3, -0.25) is 9.79 Å². The van der Waals surface area contributed by atoms with Gasteiger partial charge >= 0.3 is 0 Å². The summed E-state index contributed by atoms with van der Waals surface area (Å²) in [6.07, 6.45) is 2.78. The van der Waals surface area contributed by atoms with Gasteiger partial charge in [-0.05, 0) is 24.6 Å². The summed E-state index contributed by atoms with van der Waals surface area (Å²) >= 11 is 1.72. The lowest BCUT2D eigenvalue weighted by molar-refractivity contribution is 0.0827. The monoisotopic (exact) mass is 359 g/mol. The molecular weight excluding hydrogens is 334 g/mol. The molecule has 0 aliphatic carbocycles. The third-order valence-corrected chi connectivity index (χ3v) is 4.56. The van der Waals surface area contributed by atoms with Gasteiger partial charge in [-0.2, -0.15) is 0 Å². The van der Waals surface area contributed by atoms with Crippen LogP contribution in [0.15, 0.2) is 35.5 Å². The zero-order valence-corrected chi connectivity index (χ0v) is 16.0. The van der Waals surface area contributed by atoms with E-state index in [0.29, 0.717) is 12.1 Å². The number of carbonyl (C=O) groups excluding carboxylic acids is 1. The molecule has 1 amide bonds. The second kappa shape index (κ2) is 9.17. The molecule has 0 bridgehead atoms. The van der Waals surface area contributed by atoms with Crippen molar-refractivity contribution in [2.24, 2.45) is 4.99 Å². The molecule has 1 aromatic carbocycles. The first-order valence-electron chi connectivity index (χ1n) is 8.16. The topological polar surface area (TPSA) is 69.6 Å². The number of nitrogens with zero attached hydrogens (tertiary/aromatic N) is 3. The number of hydrogen-bond acceptors (Lipinski definition) is 4. The standard InChI is InChI=1S/C18H25N5OS/c1-13-11-21-16(25-13)9-10-20-18(19-2)22-12-14-5-7-15(8-6-14)17(24)23(3)4/h5-8,11H,9-10,12H2,1-4H3,(H2,19,20,22). The summed E-state index contributed by atoms with van der Waals surface area (Å²) in [5, 5.41) is 7.69. The molecule has 0 saturated carbocycles. The van der Waals surface area contributed by atoms with Crippen LogP contribution < -0.4 is 10.6 Å². The van der Waals surface area contributed by atoms with Gasteiger partial charge in [-0.1, -0.05) is 12.1 Å². The lowest BCUT2D eigenvalue weighted by atomic mass is 10.1. The molecule has 6 nitrogen and oxygen atoms in total. The Bertz CT molecular complexity index is 721. The van der Waals surface area contributed by atoms with Crippen molar-refractivity contribution in [3.05, 3.63) is 51.5 Å². The number of aromatic nitrogens is 1. The predicted octanol–water partition coefficient (Wildman–Crippen LogP) is 2.06. The summed E-state index contributed by atoms with van der Waals surface area (Å²) in [5.74, 6) is 0.760. The highest BCUT2D eigenvalue weighted by Crippen LogP contribution is 2.11. The first-order chi connectivity index (χ1) is 12.0. The quantitative estimate of drug-likeness (QED) is 0.612. The van der Waals surface area contributed by atoms with E-state index >= 15 is 0 Å². The van der Waals surface area contributed by atoms with Gasteiger partial charge in [-0.15, -0.1) is 11.3 Å². The summed E-state index contributed by atoms with van der Waals surface area (Å²) in [6, 6.07) is 7.60. The maximum Gasteiger partial charge on any atom is 0.253 e. The molecule has 2 rings (SSSR count). The molecule has 1 aromatic heterocycles. The zero-order chi connectivity index (χ0) is 18.2. The number of aliphatic imine (C=N–C) groups is 1. The fourth-order valence-corrected chi connectivity index (χ4v) is 3.02. The summed E-state index contributed by atoms with van der Waals surface area (Å²) in [4.78, 5) is 23.3. The molecule has 0 aliphatic rings. The highest BCUT2D eigenvalue weighted by atomic mass is 32.1. The Kier molecular flexibility index (Phi) is 6.94. The largest absolute Gasteiger partial charge is 0.356 e. The third kappa shape index (κ3) is 5.86. The van der Waals surface area contributed by atoms with Crippen LogP contribution in [0.25, 0.3) is 0 Å². The fourth-order valence-electron chi connectivity index (χ4n) is 2.23. The third-order valence-electron chi connectivity index (χ3n) is 3.59. The highest BCUT2D eigenvalue weighted by molar-refractivity contribution is 7.11. The molecular formula is C18H25N5OS. The second-order valence-corrected chi connectivity index (χ2v) is 7.18. The molecule has 0 aliphatic heterocycles. The predicted molar refractivity (Wildman–Crippen MR) is 103 cm³/mol. The van der Waals surface area contributed by atoms with Crippen molar-refractivity contribution in [3.63, 3.8) is 0 Å². The number of hydrogen-bond donors (Lipinski definition) is 2. The van der Waals surface area contributed by atoms with Crippen LogP contribution in [0.1, 0.15) is 25.8 Å². The van der Waals surface area contributed by atoms with Gasteiger partial charge in [0.1, 0.15) is 0 Å². The van der Waals surface area contributed by atoms with Gasteiger partial charge in [-0.25, -0.2) is 4.98 Å². The van der Waals surface area contributed by atoms with Gasteiger partial charge in [0, 0.05) is 57.3 Å². The number of rotatable bonds is 6. The number of nitrogens with one attached hydrogen (secondary N) is 2. The Morgan fingerprint density at radius 1 is 1.24 bits per heavy atom. The average Bonchev–Trinajstić information content (AvgIpc) is 3.03. The van der Waals surface area contributed by atoms with E-state index in [2.05, 4.69) is 27.5 Å². The molecule has 134 valence electrons. The van der Waals surface area contributed by atoms with Crippen LogP contribution >= 0.6 is 11.3 Å². The minimum absolute atomic E-state index is 0.00871. The number of guanidine groups is 1. The van der Waals surface area contributed by atoms with Crippen molar-refractivity contribution in [2.75, 3.05) is 27.7 Å². The molecule has 2 aromatic rings. The molecule has 0 saturated heterocycles. The van der Waals surface area contributed by atoms with Crippen LogP contribution in [-0.4, -0.2) is 49.4 Å². The molecule has 0 unspecified atom stereocenters. The van der Waals surface area contributed by atoms with Crippen LogP contribution in [0.3, 0.4) is 0 Å². The van der Waals surface area contributed by atoms with Crippen molar-refractivity contribution in [2.45, 2.75) is 19.9 Å². The van der Waals surface area contributed by atoms with E-state index in [1.807, 2.05) is 30.5 Å². The molecule has 25 heavy (non-hydrogen) atoms. The number of thiazole rings is 1. The Labute approximate surface area is 153 Å². The van der Waals surface area contributed by atoms with Crippen molar-refractivity contribution < 1.29 is 4.79 Å². The fraction of sp³-hybridized carbons (Fsp3) is 0.389. The van der Waals surface area contributed by atoms with Gasteiger partial charge in [0.25, 0.3) is 5.91 Å². The maximum atomic E-state index is 11.9. The van der Waals surface area contributed by atoms with Crippen LogP contribution in [0.5, 0.6) is 0 Å². The summed E-state index contributed by atoms with van der Waals surface area (Å²) in [5.41, 5.74) is 1.78. The Morgan fingerprint density at radius 3 is 2.52 bits per heavy atom.